The van der Waals surface area contributed by atoms with Gasteiger partial charge in [-0.05, 0) is 6.92 Å². The molecule has 0 radical (unpaired) electrons. The number of sulfone groups is 1. The van der Waals surface area contributed by atoms with Gasteiger partial charge in [0, 0.05) is 19.2 Å². The topological polar surface area (TPSA) is 84.7 Å². The Morgan fingerprint density at radius 1 is 1.37 bits per heavy atom. The van der Waals surface area contributed by atoms with E-state index in [0.29, 0.717) is 5.76 Å². The summed E-state index contributed by atoms with van der Waals surface area (Å²) in [6.45, 7) is 1.50. The highest BCUT2D eigenvalue weighted by atomic mass is 35.5. The molecule has 108 valence electrons. The molecule has 9 heteroatoms. The molecule has 0 bridgehead atoms. The van der Waals surface area contributed by atoms with Gasteiger partial charge < -0.3 is 4.42 Å². The van der Waals surface area contributed by atoms with Crippen LogP contribution < -0.4 is 0 Å². The summed E-state index contributed by atoms with van der Waals surface area (Å²) in [4.78, 5) is 0.0578. The summed E-state index contributed by atoms with van der Waals surface area (Å²) in [6.07, 6.45) is 0. The molecule has 19 heavy (non-hydrogen) atoms. The van der Waals surface area contributed by atoms with E-state index in [9.17, 15) is 16.8 Å². The van der Waals surface area contributed by atoms with E-state index in [4.69, 9.17) is 16.0 Å². The maximum Gasteiger partial charge on any atom is 0.246 e. The van der Waals surface area contributed by atoms with E-state index in [2.05, 4.69) is 0 Å². The molecule has 0 spiro atoms. The fraction of sp³-hybridized carbons (Fsp3) is 0.600. The quantitative estimate of drug-likeness (QED) is 0.765. The largest absolute Gasteiger partial charge is 0.464 e. The van der Waals surface area contributed by atoms with Crippen LogP contribution in [-0.2, 0) is 25.7 Å². The lowest BCUT2D eigenvalue weighted by Crippen LogP contribution is -2.43. The second-order valence-electron chi connectivity index (χ2n) is 4.32. The Kier molecular flexibility index (Phi) is 3.97. The third-order valence-corrected chi connectivity index (χ3v) is 6.85. The monoisotopic (exact) mass is 327 g/mol. The van der Waals surface area contributed by atoms with Gasteiger partial charge in [0.2, 0.25) is 10.0 Å². The molecule has 1 aromatic rings. The Morgan fingerprint density at radius 2 is 1.95 bits per heavy atom. The molecular formula is C10H14ClNO5S2. The van der Waals surface area contributed by atoms with Crippen molar-refractivity contribution in [3.05, 3.63) is 17.6 Å². The Balaban J connectivity index is 2.30. The second-order valence-corrected chi connectivity index (χ2v) is 8.80. The summed E-state index contributed by atoms with van der Waals surface area (Å²) in [7, 11) is -6.83. The van der Waals surface area contributed by atoms with Gasteiger partial charge in [0.15, 0.2) is 9.84 Å². The van der Waals surface area contributed by atoms with Crippen molar-refractivity contribution in [2.75, 3.05) is 24.6 Å². The van der Waals surface area contributed by atoms with Crippen molar-refractivity contribution in [3.8, 4) is 0 Å². The Bertz CT molecular complexity index is 663. The average molecular weight is 328 g/mol. The van der Waals surface area contributed by atoms with Crippen LogP contribution in [0.4, 0.5) is 0 Å². The first-order chi connectivity index (χ1) is 8.76. The first kappa shape index (κ1) is 14.8. The number of sulfonamides is 1. The van der Waals surface area contributed by atoms with Crippen LogP contribution in [0.1, 0.15) is 11.5 Å². The highest BCUT2D eigenvalue weighted by Crippen LogP contribution is 2.25. The van der Waals surface area contributed by atoms with Crippen LogP contribution in [0.3, 0.4) is 0 Å². The van der Waals surface area contributed by atoms with E-state index in [1.807, 2.05) is 0 Å². The third kappa shape index (κ3) is 2.96. The minimum atomic E-state index is -3.72. The van der Waals surface area contributed by atoms with Gasteiger partial charge in [0.05, 0.1) is 17.4 Å². The summed E-state index contributed by atoms with van der Waals surface area (Å²) in [6, 6.07) is 1.39. The molecule has 0 aromatic carbocycles. The zero-order valence-corrected chi connectivity index (χ0v) is 12.7. The van der Waals surface area contributed by atoms with E-state index in [1.165, 1.54) is 10.4 Å². The molecule has 1 fully saturated rings. The Hall–Kier alpha value is -0.570. The molecule has 0 atom stereocenters. The van der Waals surface area contributed by atoms with Crippen molar-refractivity contribution in [3.63, 3.8) is 0 Å². The number of furan rings is 1. The van der Waals surface area contributed by atoms with Gasteiger partial charge in [-0.1, -0.05) is 0 Å². The van der Waals surface area contributed by atoms with Gasteiger partial charge in [-0.15, -0.1) is 11.6 Å². The number of alkyl halides is 1. The molecule has 0 amide bonds. The fourth-order valence-corrected chi connectivity index (χ4v) is 5.11. The lowest BCUT2D eigenvalue weighted by atomic mass is 10.4. The number of rotatable bonds is 3. The van der Waals surface area contributed by atoms with Crippen molar-refractivity contribution >= 4 is 31.5 Å². The average Bonchev–Trinajstić information content (AvgIpc) is 2.70. The molecule has 0 unspecified atom stereocenters. The van der Waals surface area contributed by atoms with Gasteiger partial charge in [0.1, 0.15) is 16.4 Å². The number of hydrogen-bond donors (Lipinski definition) is 0. The van der Waals surface area contributed by atoms with Crippen LogP contribution in [0.25, 0.3) is 0 Å². The van der Waals surface area contributed by atoms with E-state index in [1.54, 1.807) is 6.92 Å². The summed E-state index contributed by atoms with van der Waals surface area (Å²) in [5.41, 5.74) is 0. The van der Waals surface area contributed by atoms with Crippen LogP contribution in [0.2, 0.25) is 0 Å². The minimum Gasteiger partial charge on any atom is -0.464 e. The molecule has 1 aliphatic rings. The predicted octanol–water partition coefficient (Wildman–Crippen LogP) is 0.746. The van der Waals surface area contributed by atoms with Crippen molar-refractivity contribution in [1.29, 1.82) is 0 Å². The summed E-state index contributed by atoms with van der Waals surface area (Å²) in [5, 5.41) is 0. The second kappa shape index (κ2) is 5.08. The third-order valence-electron chi connectivity index (χ3n) is 2.98. The van der Waals surface area contributed by atoms with Crippen molar-refractivity contribution in [2.24, 2.45) is 0 Å². The normalized spacial score (nSPS) is 20.5. The summed E-state index contributed by atoms with van der Waals surface area (Å²) < 4.78 is 53.8. The zero-order valence-electron chi connectivity index (χ0n) is 10.3. The van der Waals surface area contributed by atoms with E-state index in [-0.39, 0.29) is 41.1 Å². The maximum atomic E-state index is 12.4. The van der Waals surface area contributed by atoms with Crippen LogP contribution in [-0.4, -0.2) is 45.7 Å². The molecule has 0 aliphatic carbocycles. The summed E-state index contributed by atoms with van der Waals surface area (Å²) >= 11 is 5.60. The molecule has 2 rings (SSSR count). The van der Waals surface area contributed by atoms with Crippen LogP contribution in [0.15, 0.2) is 15.4 Å². The highest BCUT2D eigenvalue weighted by Gasteiger charge is 2.33. The van der Waals surface area contributed by atoms with Crippen LogP contribution >= 0.6 is 11.6 Å². The van der Waals surface area contributed by atoms with Gasteiger partial charge in [0.25, 0.3) is 0 Å². The molecule has 1 aromatic heterocycles. The molecule has 0 N–H and O–H groups in total. The highest BCUT2D eigenvalue weighted by molar-refractivity contribution is 7.92. The molecule has 1 aliphatic heterocycles. The number of hydrogen-bond acceptors (Lipinski definition) is 5. The predicted molar refractivity (Wildman–Crippen MR) is 70.4 cm³/mol. The lowest BCUT2D eigenvalue weighted by Gasteiger charge is -2.25. The van der Waals surface area contributed by atoms with E-state index >= 15 is 0 Å². The lowest BCUT2D eigenvalue weighted by molar-refractivity contribution is 0.427. The molecule has 2 heterocycles. The first-order valence-electron chi connectivity index (χ1n) is 5.62. The maximum absolute atomic E-state index is 12.4. The standard InChI is InChI=1S/C10H14ClNO5S2/c1-8-10(6-9(7-11)17-8)19(15,16)12-2-4-18(13,14)5-3-12/h6H,2-5,7H2,1H3. The number of nitrogens with zero attached hydrogens (tertiary/aromatic N) is 1. The minimum absolute atomic E-state index is 0.0223. The number of halogens is 1. The first-order valence-corrected chi connectivity index (χ1v) is 9.42. The molecule has 1 saturated heterocycles. The fourth-order valence-electron chi connectivity index (χ4n) is 1.92. The Labute approximate surface area is 117 Å². The van der Waals surface area contributed by atoms with Crippen molar-refractivity contribution in [2.45, 2.75) is 17.7 Å². The van der Waals surface area contributed by atoms with E-state index < -0.39 is 19.9 Å². The van der Waals surface area contributed by atoms with Gasteiger partial charge >= 0.3 is 0 Å². The zero-order chi connectivity index (χ0) is 14.3. The molecule has 6 nitrogen and oxygen atoms in total. The van der Waals surface area contributed by atoms with Gasteiger partial charge in [-0.2, -0.15) is 4.31 Å². The smallest absolute Gasteiger partial charge is 0.246 e. The van der Waals surface area contributed by atoms with Crippen LogP contribution in [0, 0.1) is 6.92 Å². The van der Waals surface area contributed by atoms with Crippen molar-refractivity contribution in [1.82, 2.24) is 4.31 Å². The molecular weight excluding hydrogens is 314 g/mol. The summed E-state index contributed by atoms with van der Waals surface area (Å²) in [5.74, 6) is 0.438. The SMILES string of the molecule is Cc1oc(CCl)cc1S(=O)(=O)N1CCS(=O)(=O)CC1. The van der Waals surface area contributed by atoms with Gasteiger partial charge in [-0.25, -0.2) is 16.8 Å². The number of aryl methyl sites for hydroxylation is 1. The van der Waals surface area contributed by atoms with Gasteiger partial charge in [-0.3, -0.25) is 0 Å². The molecule has 0 saturated carbocycles. The van der Waals surface area contributed by atoms with Crippen LogP contribution in [0.5, 0.6) is 0 Å². The van der Waals surface area contributed by atoms with E-state index in [0.717, 1.165) is 0 Å². The van der Waals surface area contributed by atoms with Crippen molar-refractivity contribution < 1.29 is 21.3 Å². The Morgan fingerprint density at radius 3 is 2.42 bits per heavy atom.